The molecule has 25 heavy (non-hydrogen) atoms. The summed E-state index contributed by atoms with van der Waals surface area (Å²) in [6.45, 7) is 6.14. The highest BCUT2D eigenvalue weighted by Gasteiger charge is 2.31. The summed E-state index contributed by atoms with van der Waals surface area (Å²) in [7, 11) is -3.85. The van der Waals surface area contributed by atoms with Crippen LogP contribution in [0.3, 0.4) is 0 Å². The first-order valence-electron chi connectivity index (χ1n) is 7.82. The number of benzene rings is 1. The Kier molecular flexibility index (Phi) is 5.58. The quantitative estimate of drug-likeness (QED) is 0.458. The maximum absolute atomic E-state index is 12.8. The molecule has 0 unspecified atom stereocenters. The molecule has 8 nitrogen and oxygen atoms in total. The summed E-state index contributed by atoms with van der Waals surface area (Å²) < 4.78 is 26.9. The van der Waals surface area contributed by atoms with Gasteiger partial charge in [0.25, 0.3) is 5.69 Å². The topological polar surface area (TPSA) is 101 Å². The van der Waals surface area contributed by atoms with E-state index in [-0.39, 0.29) is 42.7 Å². The highest BCUT2D eigenvalue weighted by Crippen LogP contribution is 2.25. The summed E-state index contributed by atoms with van der Waals surface area (Å²) in [6, 6.07) is 3.80. The predicted octanol–water partition coefficient (Wildman–Crippen LogP) is 1.70. The molecule has 0 saturated carbocycles. The monoisotopic (exact) mass is 367 g/mol. The number of aryl methyl sites for hydroxylation is 1. The third-order valence-corrected chi connectivity index (χ3v) is 6.00. The number of rotatable bonds is 4. The van der Waals surface area contributed by atoms with Gasteiger partial charge >= 0.3 is 0 Å². The van der Waals surface area contributed by atoms with Gasteiger partial charge in [-0.2, -0.15) is 4.31 Å². The minimum Gasteiger partial charge on any atom is -0.337 e. The molecule has 136 valence electrons. The predicted molar refractivity (Wildman–Crippen MR) is 92.6 cm³/mol. The van der Waals surface area contributed by atoms with Crippen LogP contribution in [0.4, 0.5) is 5.69 Å². The Hall–Kier alpha value is -2.26. The zero-order chi connectivity index (χ0) is 18.8. The molecule has 0 spiro atoms. The van der Waals surface area contributed by atoms with Gasteiger partial charge in [-0.3, -0.25) is 14.9 Å². The highest BCUT2D eigenvalue weighted by molar-refractivity contribution is 7.89. The Morgan fingerprint density at radius 3 is 2.32 bits per heavy atom. The zero-order valence-electron chi connectivity index (χ0n) is 14.4. The minimum absolute atomic E-state index is 0.0641. The maximum Gasteiger partial charge on any atom is 0.270 e. The number of nitro groups is 1. The van der Waals surface area contributed by atoms with Crippen LogP contribution in [0.2, 0.25) is 0 Å². The van der Waals surface area contributed by atoms with Crippen molar-refractivity contribution in [3.8, 4) is 0 Å². The van der Waals surface area contributed by atoms with E-state index in [0.717, 1.165) is 11.6 Å². The van der Waals surface area contributed by atoms with Gasteiger partial charge in [0.2, 0.25) is 15.9 Å². The minimum atomic E-state index is -3.85. The largest absolute Gasteiger partial charge is 0.337 e. The molecule has 1 aromatic carbocycles. The van der Waals surface area contributed by atoms with Crippen molar-refractivity contribution in [1.29, 1.82) is 0 Å². The van der Waals surface area contributed by atoms with Crippen molar-refractivity contribution in [3.63, 3.8) is 0 Å². The van der Waals surface area contributed by atoms with E-state index >= 15 is 0 Å². The lowest BCUT2D eigenvalue weighted by Crippen LogP contribution is -2.50. The molecule has 1 aliphatic heterocycles. The molecule has 0 aliphatic carbocycles. The van der Waals surface area contributed by atoms with E-state index in [1.165, 1.54) is 22.5 Å². The molecule has 0 atom stereocenters. The van der Waals surface area contributed by atoms with Crippen molar-refractivity contribution >= 4 is 21.6 Å². The van der Waals surface area contributed by atoms with Crippen LogP contribution in [0.5, 0.6) is 0 Å². The Bertz CT molecular complexity index is 820. The number of non-ortho nitro benzene ring substituents is 1. The van der Waals surface area contributed by atoms with Gasteiger partial charge in [-0.25, -0.2) is 8.42 Å². The van der Waals surface area contributed by atoms with Crippen LogP contribution in [0.15, 0.2) is 34.7 Å². The fraction of sp³-hybridized carbons (Fsp3) is 0.438. The molecular formula is C16H21N3O5S. The lowest BCUT2D eigenvalue weighted by molar-refractivity contribution is -0.385. The molecule has 9 heteroatoms. The van der Waals surface area contributed by atoms with Gasteiger partial charge in [0.1, 0.15) is 0 Å². The van der Waals surface area contributed by atoms with Crippen molar-refractivity contribution in [3.05, 3.63) is 45.5 Å². The SMILES string of the molecule is CC(C)=CC(=O)N1CCN(S(=O)(=O)c2cc([N+](=O)[O-])ccc2C)CC1. The molecule has 0 N–H and O–H groups in total. The number of carbonyl (C=O) groups is 1. The Labute approximate surface area is 146 Å². The van der Waals surface area contributed by atoms with Gasteiger partial charge in [0, 0.05) is 44.4 Å². The second-order valence-corrected chi connectivity index (χ2v) is 8.06. The number of piperazine rings is 1. The third-order valence-electron chi connectivity index (χ3n) is 3.96. The van der Waals surface area contributed by atoms with Gasteiger partial charge in [-0.1, -0.05) is 11.6 Å². The lowest BCUT2D eigenvalue weighted by atomic mass is 10.2. The highest BCUT2D eigenvalue weighted by atomic mass is 32.2. The van der Waals surface area contributed by atoms with Crippen LogP contribution in [-0.4, -0.2) is 54.6 Å². The maximum atomic E-state index is 12.8. The lowest BCUT2D eigenvalue weighted by Gasteiger charge is -2.33. The summed E-state index contributed by atoms with van der Waals surface area (Å²) in [5, 5.41) is 10.9. The number of nitrogens with zero attached hydrogens (tertiary/aromatic N) is 3. The summed E-state index contributed by atoms with van der Waals surface area (Å²) in [5.41, 5.74) is 1.07. The van der Waals surface area contributed by atoms with Crippen molar-refractivity contribution in [1.82, 2.24) is 9.21 Å². The molecular weight excluding hydrogens is 346 g/mol. The van der Waals surface area contributed by atoms with Crippen molar-refractivity contribution in [2.75, 3.05) is 26.2 Å². The summed E-state index contributed by atoms with van der Waals surface area (Å²) in [5.74, 6) is -0.136. The van der Waals surface area contributed by atoms with Crippen LogP contribution in [-0.2, 0) is 14.8 Å². The number of allylic oxidation sites excluding steroid dienone is 1. The van der Waals surface area contributed by atoms with Crippen LogP contribution in [0.1, 0.15) is 19.4 Å². The molecule has 1 saturated heterocycles. The number of hydrogen-bond acceptors (Lipinski definition) is 5. The summed E-state index contributed by atoms with van der Waals surface area (Å²) in [4.78, 5) is 23.9. The fourth-order valence-electron chi connectivity index (χ4n) is 2.61. The Balaban J connectivity index is 2.20. The molecule has 2 rings (SSSR count). The van der Waals surface area contributed by atoms with Crippen molar-refractivity contribution in [2.45, 2.75) is 25.7 Å². The van der Waals surface area contributed by atoms with Gasteiger partial charge < -0.3 is 4.90 Å². The Morgan fingerprint density at radius 2 is 1.80 bits per heavy atom. The van der Waals surface area contributed by atoms with Gasteiger partial charge in [-0.15, -0.1) is 0 Å². The third kappa shape index (κ3) is 4.23. The number of nitro benzene ring substituents is 1. The zero-order valence-corrected chi connectivity index (χ0v) is 15.2. The van der Waals surface area contributed by atoms with Crippen molar-refractivity contribution < 1.29 is 18.1 Å². The number of sulfonamides is 1. The molecule has 0 radical (unpaired) electrons. The van der Waals surface area contributed by atoms with Crippen molar-refractivity contribution in [2.24, 2.45) is 0 Å². The summed E-state index contributed by atoms with van der Waals surface area (Å²) in [6.07, 6.45) is 1.52. The van der Waals surface area contributed by atoms with Gasteiger partial charge in [0.15, 0.2) is 0 Å². The van der Waals surface area contributed by atoms with Crippen LogP contribution < -0.4 is 0 Å². The van der Waals surface area contributed by atoms with E-state index < -0.39 is 14.9 Å². The second kappa shape index (κ2) is 7.32. The fourth-order valence-corrected chi connectivity index (χ4v) is 4.27. The molecule has 1 heterocycles. The summed E-state index contributed by atoms with van der Waals surface area (Å²) >= 11 is 0. The van der Waals surface area contributed by atoms with E-state index in [1.807, 2.05) is 13.8 Å². The number of carbonyl (C=O) groups excluding carboxylic acids is 1. The van der Waals surface area contributed by atoms with E-state index in [2.05, 4.69) is 0 Å². The van der Waals surface area contributed by atoms with Gasteiger partial charge in [0.05, 0.1) is 9.82 Å². The van der Waals surface area contributed by atoms with Gasteiger partial charge in [-0.05, 0) is 26.3 Å². The number of amides is 1. The first kappa shape index (κ1) is 19.1. The number of hydrogen-bond donors (Lipinski definition) is 0. The smallest absolute Gasteiger partial charge is 0.270 e. The molecule has 1 aliphatic rings. The molecule has 1 aromatic rings. The second-order valence-electron chi connectivity index (χ2n) is 6.16. The van der Waals surface area contributed by atoms with Crippen LogP contribution in [0, 0.1) is 17.0 Å². The average Bonchev–Trinajstić information content (AvgIpc) is 2.54. The normalized spacial score (nSPS) is 15.7. The van der Waals surface area contributed by atoms with Crippen LogP contribution >= 0.6 is 0 Å². The standard InChI is InChI=1S/C16H21N3O5S/c1-12(2)10-16(20)17-6-8-18(9-7-17)25(23,24)15-11-14(19(21)22)5-4-13(15)3/h4-5,10-11H,6-9H2,1-3H3. The van der Waals surface area contributed by atoms with Crippen LogP contribution in [0.25, 0.3) is 0 Å². The molecule has 1 amide bonds. The van der Waals surface area contributed by atoms with E-state index in [9.17, 15) is 23.3 Å². The molecule has 0 aromatic heterocycles. The van der Waals surface area contributed by atoms with E-state index in [4.69, 9.17) is 0 Å². The first-order chi connectivity index (χ1) is 11.6. The average molecular weight is 367 g/mol. The Morgan fingerprint density at radius 1 is 1.20 bits per heavy atom. The molecule has 0 bridgehead atoms. The molecule has 1 fully saturated rings. The van der Waals surface area contributed by atoms with E-state index in [1.54, 1.807) is 11.8 Å². The first-order valence-corrected chi connectivity index (χ1v) is 9.26. The van der Waals surface area contributed by atoms with E-state index in [0.29, 0.717) is 5.56 Å².